The van der Waals surface area contributed by atoms with Crippen LogP contribution in [0, 0.1) is 5.41 Å². The number of aromatic nitrogens is 1. The van der Waals surface area contributed by atoms with E-state index in [1.54, 1.807) is 11.0 Å². The van der Waals surface area contributed by atoms with Gasteiger partial charge in [-0.25, -0.2) is 4.98 Å². The first-order valence-electron chi connectivity index (χ1n) is 10.3. The maximum absolute atomic E-state index is 13.2. The lowest BCUT2D eigenvalue weighted by molar-refractivity contribution is -0.189. The van der Waals surface area contributed by atoms with Gasteiger partial charge in [0.2, 0.25) is 11.8 Å². The molecule has 3 rings (SSSR count). The van der Waals surface area contributed by atoms with E-state index in [4.69, 9.17) is 9.47 Å². The van der Waals surface area contributed by atoms with Gasteiger partial charge in [-0.05, 0) is 58.9 Å². The zero-order valence-electron chi connectivity index (χ0n) is 17.5. The molecule has 1 atom stereocenters. The van der Waals surface area contributed by atoms with Crippen molar-refractivity contribution in [2.75, 3.05) is 18.1 Å². The molecule has 9 heteroatoms. The molecule has 0 radical (unpaired) electrons. The summed E-state index contributed by atoms with van der Waals surface area (Å²) in [6.45, 7) is 5.53. The number of alkyl halides is 3. The van der Waals surface area contributed by atoms with Crippen molar-refractivity contribution < 1.29 is 32.5 Å². The Morgan fingerprint density at radius 3 is 2.37 bits per heavy atom. The molecule has 0 unspecified atom stereocenters. The van der Waals surface area contributed by atoms with Crippen molar-refractivity contribution in [3.05, 3.63) is 18.3 Å². The Morgan fingerprint density at radius 2 is 1.83 bits per heavy atom. The van der Waals surface area contributed by atoms with E-state index in [-0.39, 0.29) is 24.5 Å². The lowest BCUT2D eigenvalue weighted by Gasteiger charge is -2.41. The van der Waals surface area contributed by atoms with Gasteiger partial charge >= 0.3 is 6.18 Å². The van der Waals surface area contributed by atoms with E-state index in [1.807, 2.05) is 13.8 Å². The van der Waals surface area contributed by atoms with Gasteiger partial charge in [-0.15, -0.1) is 0 Å². The van der Waals surface area contributed by atoms with E-state index < -0.39 is 23.3 Å². The number of rotatable bonds is 6. The molecular formula is C21H29F3N2O4. The number of nitrogens with zero attached hydrogens (tertiary/aromatic N) is 2. The fourth-order valence-electron chi connectivity index (χ4n) is 4.04. The Hall–Kier alpha value is -1.87. The Kier molecular flexibility index (Phi) is 6.34. The van der Waals surface area contributed by atoms with Crippen molar-refractivity contribution in [3.8, 4) is 5.88 Å². The number of amides is 1. The number of ether oxygens (including phenoxy) is 2. The fourth-order valence-corrected chi connectivity index (χ4v) is 4.04. The number of anilines is 1. The Morgan fingerprint density at radius 1 is 1.17 bits per heavy atom. The summed E-state index contributed by atoms with van der Waals surface area (Å²) in [5.41, 5.74) is -0.879. The summed E-state index contributed by atoms with van der Waals surface area (Å²) in [6, 6.07) is 2.90. The summed E-state index contributed by atoms with van der Waals surface area (Å²) >= 11 is 0. The second kappa shape index (κ2) is 8.34. The third kappa shape index (κ3) is 4.88. The van der Waals surface area contributed by atoms with Crippen molar-refractivity contribution in [2.24, 2.45) is 5.41 Å². The minimum Gasteiger partial charge on any atom is -0.465 e. The van der Waals surface area contributed by atoms with Crippen molar-refractivity contribution in [2.45, 2.75) is 76.9 Å². The molecule has 6 nitrogen and oxygen atoms in total. The molecule has 1 saturated carbocycles. The number of carbonyl (C=O) groups is 1. The minimum absolute atomic E-state index is 0.0199. The maximum Gasteiger partial charge on any atom is 0.425 e. The third-order valence-corrected chi connectivity index (χ3v) is 6.13. The van der Waals surface area contributed by atoms with Crippen molar-refractivity contribution >= 4 is 11.6 Å². The van der Waals surface area contributed by atoms with Gasteiger partial charge in [-0.1, -0.05) is 0 Å². The van der Waals surface area contributed by atoms with E-state index in [9.17, 15) is 23.1 Å². The summed E-state index contributed by atoms with van der Waals surface area (Å²) in [5.74, 6) is -0.161. The van der Waals surface area contributed by atoms with Gasteiger partial charge in [0.1, 0.15) is 0 Å². The average Bonchev–Trinajstić information content (AvgIpc) is 2.99. The van der Waals surface area contributed by atoms with Gasteiger partial charge in [0.25, 0.3) is 0 Å². The number of hydrogen-bond donors (Lipinski definition) is 1. The molecule has 1 amide bonds. The van der Waals surface area contributed by atoms with Gasteiger partial charge < -0.3 is 19.5 Å². The molecule has 1 aromatic heterocycles. The second-order valence-corrected chi connectivity index (χ2v) is 8.73. The number of carbonyl (C=O) groups excluding carboxylic acids is 1. The SMILES string of the molecule is CC(C)OCC1(O)CCC2(CCN(c3ccc(O[C@@H](C)C(F)(F)F)nc3)C2=O)CC1. The van der Waals surface area contributed by atoms with Crippen LogP contribution < -0.4 is 9.64 Å². The molecule has 30 heavy (non-hydrogen) atoms. The normalized spacial score (nSPS) is 28.4. The minimum atomic E-state index is -4.47. The topological polar surface area (TPSA) is 71.9 Å². The van der Waals surface area contributed by atoms with Crippen LogP contribution in [0.15, 0.2) is 18.3 Å². The van der Waals surface area contributed by atoms with Gasteiger partial charge in [0, 0.05) is 12.6 Å². The lowest BCUT2D eigenvalue weighted by Crippen LogP contribution is -2.46. The first-order chi connectivity index (χ1) is 13.9. The summed E-state index contributed by atoms with van der Waals surface area (Å²) in [4.78, 5) is 18.7. The van der Waals surface area contributed by atoms with Gasteiger partial charge in [-0.3, -0.25) is 4.79 Å². The van der Waals surface area contributed by atoms with Crippen molar-refractivity contribution in [3.63, 3.8) is 0 Å². The molecule has 1 saturated heterocycles. The quantitative estimate of drug-likeness (QED) is 0.742. The van der Waals surface area contributed by atoms with Crippen LogP contribution in [0.3, 0.4) is 0 Å². The molecule has 1 N–H and O–H groups in total. The molecule has 1 aliphatic heterocycles. The summed E-state index contributed by atoms with van der Waals surface area (Å²) in [5, 5.41) is 10.7. The Balaban J connectivity index is 1.62. The van der Waals surface area contributed by atoms with Crippen LogP contribution in [0.2, 0.25) is 0 Å². The maximum atomic E-state index is 13.2. The molecule has 168 valence electrons. The largest absolute Gasteiger partial charge is 0.465 e. The number of halogens is 3. The third-order valence-electron chi connectivity index (χ3n) is 6.13. The zero-order chi connectivity index (χ0) is 22.2. The molecule has 1 spiro atoms. The Bertz CT molecular complexity index is 744. The summed E-state index contributed by atoms with van der Waals surface area (Å²) in [7, 11) is 0. The van der Waals surface area contributed by atoms with Crippen LogP contribution in [-0.4, -0.2) is 53.1 Å². The van der Waals surface area contributed by atoms with Crippen LogP contribution in [0.5, 0.6) is 5.88 Å². The smallest absolute Gasteiger partial charge is 0.425 e. The zero-order valence-corrected chi connectivity index (χ0v) is 17.5. The van der Waals surface area contributed by atoms with E-state index in [2.05, 4.69) is 4.98 Å². The molecule has 0 bridgehead atoms. The monoisotopic (exact) mass is 430 g/mol. The number of aliphatic hydroxyl groups is 1. The molecule has 2 heterocycles. The van der Waals surface area contributed by atoms with Gasteiger partial charge in [0.05, 0.1) is 35.6 Å². The van der Waals surface area contributed by atoms with E-state index in [0.29, 0.717) is 44.3 Å². The van der Waals surface area contributed by atoms with Crippen LogP contribution >= 0.6 is 0 Å². The molecule has 2 fully saturated rings. The predicted octanol–water partition coefficient (Wildman–Crippen LogP) is 3.86. The molecule has 0 aromatic carbocycles. The number of pyridine rings is 1. The molecule has 2 aliphatic rings. The Labute approximate surface area is 174 Å². The first kappa shape index (κ1) is 22.8. The van der Waals surface area contributed by atoms with E-state index in [1.165, 1.54) is 12.3 Å². The highest BCUT2D eigenvalue weighted by Gasteiger charge is 2.51. The number of hydrogen-bond acceptors (Lipinski definition) is 5. The predicted molar refractivity (Wildman–Crippen MR) is 104 cm³/mol. The van der Waals surface area contributed by atoms with Crippen LogP contribution in [0.25, 0.3) is 0 Å². The van der Waals surface area contributed by atoms with Crippen LogP contribution in [0.1, 0.15) is 52.9 Å². The molecule has 1 aromatic rings. The summed E-state index contributed by atoms with van der Waals surface area (Å²) < 4.78 is 48.3. The summed E-state index contributed by atoms with van der Waals surface area (Å²) in [6.07, 6.45) is -2.20. The van der Waals surface area contributed by atoms with Crippen LogP contribution in [0.4, 0.5) is 18.9 Å². The highest BCUT2D eigenvalue weighted by molar-refractivity contribution is 5.99. The molecular weight excluding hydrogens is 401 g/mol. The second-order valence-electron chi connectivity index (χ2n) is 8.73. The highest BCUT2D eigenvalue weighted by Crippen LogP contribution is 2.48. The van der Waals surface area contributed by atoms with Gasteiger partial charge in [0.15, 0.2) is 6.10 Å². The van der Waals surface area contributed by atoms with Crippen molar-refractivity contribution in [1.82, 2.24) is 4.98 Å². The average molecular weight is 430 g/mol. The van der Waals surface area contributed by atoms with Gasteiger partial charge in [-0.2, -0.15) is 13.2 Å². The van der Waals surface area contributed by atoms with E-state index in [0.717, 1.165) is 6.92 Å². The van der Waals surface area contributed by atoms with E-state index >= 15 is 0 Å². The fraction of sp³-hybridized carbons (Fsp3) is 0.714. The molecule has 1 aliphatic carbocycles. The standard InChI is InChI=1S/C21H29F3N2O4/c1-14(2)29-13-20(28)8-6-19(7-9-20)10-11-26(18(19)27)16-4-5-17(25-12-16)30-15(3)21(22,23)24/h4-5,12,14-15,28H,6-11,13H2,1-3H3/t15-,19?,20?/m0/s1. The first-order valence-corrected chi connectivity index (χ1v) is 10.3. The van der Waals surface area contributed by atoms with Crippen LogP contribution in [-0.2, 0) is 9.53 Å². The highest BCUT2D eigenvalue weighted by atomic mass is 19.4. The lowest BCUT2D eigenvalue weighted by atomic mass is 9.68. The van der Waals surface area contributed by atoms with Crippen molar-refractivity contribution in [1.29, 1.82) is 0 Å².